The molecule has 5 atom stereocenters. The summed E-state index contributed by atoms with van der Waals surface area (Å²) >= 11 is 0.935. The molecule has 0 aromatic rings. The van der Waals surface area contributed by atoms with E-state index >= 15 is 0 Å². The first-order valence-corrected chi connectivity index (χ1v) is 8.16. The van der Waals surface area contributed by atoms with Crippen LogP contribution in [0.4, 0.5) is 0 Å². The maximum absolute atomic E-state index is 11.4. The van der Waals surface area contributed by atoms with Crippen molar-refractivity contribution in [3.05, 3.63) is 0 Å². The Hall–Kier alpha value is -1.36. The highest BCUT2D eigenvalue weighted by atomic mass is 35.5. The molecule has 1 aliphatic rings. The Morgan fingerprint density at radius 2 is 1.40 bits per heavy atom. The van der Waals surface area contributed by atoms with Gasteiger partial charge in [0.1, 0.15) is 12.1 Å². The summed E-state index contributed by atoms with van der Waals surface area (Å²) in [5.74, 6) is -1.80. The summed E-state index contributed by atoms with van der Waals surface area (Å²) in [7, 11) is 0. The molecule has 25 heavy (non-hydrogen) atoms. The van der Waals surface area contributed by atoms with Crippen LogP contribution in [-0.2, 0) is 38.1 Å². The van der Waals surface area contributed by atoms with Crippen molar-refractivity contribution < 1.29 is 38.1 Å². The third-order valence-corrected chi connectivity index (χ3v) is 3.93. The molecule has 0 amide bonds. The third kappa shape index (κ3) is 7.59. The molecule has 1 aliphatic heterocycles. The number of carbonyl (C=O) groups is 4. The fourth-order valence-electron chi connectivity index (χ4n) is 2.20. The fraction of sp³-hybridized carbons (Fsp3) is 0.714. The van der Waals surface area contributed by atoms with Gasteiger partial charge in [0.25, 0.3) is 0 Å². The predicted octanol–water partition coefficient (Wildman–Crippen LogP) is 0.167. The Labute approximate surface area is 155 Å². The van der Waals surface area contributed by atoms with Gasteiger partial charge in [0.2, 0.25) is 6.29 Å². The van der Waals surface area contributed by atoms with Crippen LogP contribution < -0.4 is 5.73 Å². The van der Waals surface area contributed by atoms with E-state index in [1.165, 1.54) is 27.7 Å². The zero-order valence-corrected chi connectivity index (χ0v) is 15.9. The number of nitrogens with two attached hydrogens (primary N) is 1. The number of hydrogen-bond acceptors (Lipinski definition) is 10. The molecule has 2 unspecified atom stereocenters. The monoisotopic (exact) mass is 399 g/mol. The van der Waals surface area contributed by atoms with Gasteiger partial charge in [0.05, 0.1) is 0 Å². The lowest BCUT2D eigenvalue weighted by molar-refractivity contribution is -0.256. The maximum Gasteiger partial charge on any atom is 0.304 e. The minimum Gasteiger partial charge on any atom is -0.457 e. The average molecular weight is 400 g/mol. The first kappa shape index (κ1) is 23.6. The zero-order chi connectivity index (χ0) is 18.4. The van der Waals surface area contributed by atoms with Crippen LogP contribution in [-0.4, -0.2) is 59.4 Å². The van der Waals surface area contributed by atoms with Gasteiger partial charge in [-0.3, -0.25) is 19.2 Å². The lowest BCUT2D eigenvalue weighted by atomic mass is 9.97. The maximum atomic E-state index is 11.4. The Kier molecular flexibility index (Phi) is 10.0. The highest BCUT2D eigenvalue weighted by Crippen LogP contribution is 2.28. The molecule has 0 aliphatic carbocycles. The summed E-state index contributed by atoms with van der Waals surface area (Å²) in [6, 6.07) is -1.05. The van der Waals surface area contributed by atoms with Gasteiger partial charge in [-0.05, 0) is 0 Å². The van der Waals surface area contributed by atoms with Crippen molar-refractivity contribution in [2.45, 2.75) is 58.3 Å². The van der Waals surface area contributed by atoms with Crippen LogP contribution in [0.25, 0.3) is 0 Å². The molecule has 1 heterocycles. The van der Waals surface area contributed by atoms with Crippen molar-refractivity contribution in [1.29, 1.82) is 0 Å². The summed E-state index contributed by atoms with van der Waals surface area (Å²) in [4.78, 5) is 45.1. The van der Waals surface area contributed by atoms with Crippen molar-refractivity contribution >= 4 is 47.2 Å². The SMILES string of the molecule is CC(=O)O[C@H]1OC(CSC(C)=O)[C@H](OC(C)=O)[C@@H](OC(C)=O)C1N.Cl. The van der Waals surface area contributed by atoms with E-state index in [1.54, 1.807) is 0 Å². The smallest absolute Gasteiger partial charge is 0.304 e. The Bertz CT molecular complexity index is 501. The summed E-state index contributed by atoms with van der Waals surface area (Å²) in [5, 5.41) is -0.178. The summed E-state index contributed by atoms with van der Waals surface area (Å²) < 4.78 is 20.9. The van der Waals surface area contributed by atoms with Crippen LogP contribution in [0.15, 0.2) is 0 Å². The second-order valence-corrected chi connectivity index (χ2v) is 6.38. The molecule has 9 nitrogen and oxygen atoms in total. The Balaban J connectivity index is 0.00000576. The van der Waals surface area contributed by atoms with Gasteiger partial charge in [0, 0.05) is 33.4 Å². The Morgan fingerprint density at radius 1 is 0.920 bits per heavy atom. The van der Waals surface area contributed by atoms with Gasteiger partial charge < -0.3 is 24.7 Å². The van der Waals surface area contributed by atoms with Gasteiger partial charge in [-0.25, -0.2) is 0 Å². The molecule has 1 rings (SSSR count). The number of carbonyl (C=O) groups excluding carboxylic acids is 4. The largest absolute Gasteiger partial charge is 0.457 e. The molecule has 0 saturated carbocycles. The quantitative estimate of drug-likeness (QED) is 0.503. The minimum atomic E-state index is -1.20. The van der Waals surface area contributed by atoms with E-state index in [0.29, 0.717) is 0 Å². The molecule has 0 radical (unpaired) electrons. The predicted molar refractivity (Wildman–Crippen MR) is 89.9 cm³/mol. The van der Waals surface area contributed by atoms with E-state index in [2.05, 4.69) is 0 Å². The van der Waals surface area contributed by atoms with E-state index < -0.39 is 48.6 Å². The average Bonchev–Trinajstić information content (AvgIpc) is 2.42. The van der Waals surface area contributed by atoms with Gasteiger partial charge >= 0.3 is 17.9 Å². The van der Waals surface area contributed by atoms with Crippen LogP contribution in [0.1, 0.15) is 27.7 Å². The van der Waals surface area contributed by atoms with Gasteiger partial charge in [0.15, 0.2) is 17.3 Å². The van der Waals surface area contributed by atoms with Crippen molar-refractivity contribution in [3.8, 4) is 0 Å². The number of rotatable bonds is 5. The van der Waals surface area contributed by atoms with Crippen LogP contribution in [0, 0.1) is 0 Å². The molecule has 0 spiro atoms. The molecule has 0 aromatic carbocycles. The number of hydrogen-bond donors (Lipinski definition) is 1. The standard InChI is InChI=1S/C14H21NO8S.ClH/c1-6(16)20-12-10(5-24-9(4)19)23-14(22-8(3)18)11(15)13(12)21-7(2)17;/h10-14H,5,15H2,1-4H3;1H/t10?,11?,12-,13-,14-;/m0./s1. The fourth-order valence-corrected chi connectivity index (χ4v) is 2.87. The van der Waals surface area contributed by atoms with Gasteiger partial charge in [-0.15, -0.1) is 12.4 Å². The number of esters is 3. The first-order chi connectivity index (χ1) is 11.1. The zero-order valence-electron chi connectivity index (χ0n) is 14.3. The highest BCUT2D eigenvalue weighted by molar-refractivity contribution is 8.13. The van der Waals surface area contributed by atoms with Crippen LogP contribution in [0.2, 0.25) is 0 Å². The van der Waals surface area contributed by atoms with Crippen molar-refractivity contribution in [1.82, 2.24) is 0 Å². The lowest BCUT2D eigenvalue weighted by Crippen LogP contribution is -2.64. The van der Waals surface area contributed by atoms with E-state index in [0.717, 1.165) is 11.8 Å². The second kappa shape index (κ2) is 10.6. The van der Waals surface area contributed by atoms with Gasteiger partial charge in [-0.1, -0.05) is 11.8 Å². The van der Waals surface area contributed by atoms with E-state index in [9.17, 15) is 19.2 Å². The Morgan fingerprint density at radius 3 is 1.84 bits per heavy atom. The lowest BCUT2D eigenvalue weighted by Gasteiger charge is -2.43. The van der Waals surface area contributed by atoms with Gasteiger partial charge in [-0.2, -0.15) is 0 Å². The summed E-state index contributed by atoms with van der Waals surface area (Å²) in [5.41, 5.74) is 5.96. The molecule has 0 aromatic heterocycles. The molecule has 144 valence electrons. The van der Waals surface area contributed by atoms with Crippen LogP contribution >= 0.6 is 24.2 Å². The van der Waals surface area contributed by atoms with E-state index in [-0.39, 0.29) is 23.3 Å². The number of halogens is 1. The molecular weight excluding hydrogens is 378 g/mol. The molecular formula is C14H22ClNO8S. The highest BCUT2D eigenvalue weighted by Gasteiger charge is 2.49. The molecule has 11 heteroatoms. The van der Waals surface area contributed by atoms with Crippen LogP contribution in [0.3, 0.4) is 0 Å². The normalized spacial score (nSPS) is 28.3. The summed E-state index contributed by atoms with van der Waals surface area (Å²) in [6.45, 7) is 4.90. The van der Waals surface area contributed by atoms with E-state index in [4.69, 9.17) is 24.7 Å². The van der Waals surface area contributed by atoms with Crippen molar-refractivity contribution in [2.75, 3.05) is 5.75 Å². The molecule has 0 bridgehead atoms. The van der Waals surface area contributed by atoms with Crippen molar-refractivity contribution in [3.63, 3.8) is 0 Å². The third-order valence-electron chi connectivity index (χ3n) is 3.03. The number of thioether (sulfide) groups is 1. The van der Waals surface area contributed by atoms with Crippen LogP contribution in [0.5, 0.6) is 0 Å². The van der Waals surface area contributed by atoms with E-state index in [1.807, 2.05) is 0 Å². The van der Waals surface area contributed by atoms with Crippen molar-refractivity contribution in [2.24, 2.45) is 5.73 Å². The molecule has 1 saturated heterocycles. The number of ether oxygens (including phenoxy) is 4. The molecule has 2 N–H and O–H groups in total. The minimum absolute atomic E-state index is 0. The first-order valence-electron chi connectivity index (χ1n) is 7.18. The topological polar surface area (TPSA) is 131 Å². The second-order valence-electron chi connectivity index (χ2n) is 5.18. The summed E-state index contributed by atoms with van der Waals surface area (Å²) in [6.07, 6.45) is -4.16. The molecule has 1 fully saturated rings.